The predicted molar refractivity (Wildman–Crippen MR) is 141 cm³/mol. The molecule has 0 unspecified atom stereocenters. The van der Waals surface area contributed by atoms with Gasteiger partial charge in [-0.2, -0.15) is 0 Å². The maximum Gasteiger partial charge on any atom is 0.328 e. The molecule has 36 heavy (non-hydrogen) atoms. The summed E-state index contributed by atoms with van der Waals surface area (Å²) >= 11 is 0. The van der Waals surface area contributed by atoms with Gasteiger partial charge in [0.2, 0.25) is 5.91 Å². The van der Waals surface area contributed by atoms with Gasteiger partial charge in [0.15, 0.2) is 0 Å². The molecular formula is C28H43N3O5. The van der Waals surface area contributed by atoms with Crippen molar-refractivity contribution in [2.24, 2.45) is 5.73 Å². The molecule has 0 spiro atoms. The molecule has 1 aromatic heterocycles. The van der Waals surface area contributed by atoms with Crippen LogP contribution in [0.1, 0.15) is 83.6 Å². The van der Waals surface area contributed by atoms with E-state index in [1.54, 1.807) is 0 Å². The number of esters is 2. The standard InChI is InChI=1S/C28H43N3O5/c1-3-5-7-11-17-35-27(33)23(29)15-16-26(32)31-25(28(34)36-18-12-8-6-4-2)19-21-20-30-24-14-10-9-13-22(21)24/h9-10,13-14,20,23,25,30H,3-8,11-12,15-19,29H2,1-2H3,(H,31,32)/t23-,25-/m0/s1. The number of nitrogens with one attached hydrogen (secondary N) is 2. The quantitative estimate of drug-likeness (QED) is 0.203. The van der Waals surface area contributed by atoms with E-state index in [1.165, 1.54) is 0 Å². The van der Waals surface area contributed by atoms with Gasteiger partial charge in [0, 0.05) is 29.9 Å². The van der Waals surface area contributed by atoms with Crippen LogP contribution in [-0.4, -0.2) is 48.1 Å². The third kappa shape index (κ3) is 10.4. The first-order valence-electron chi connectivity index (χ1n) is 13.4. The summed E-state index contributed by atoms with van der Waals surface area (Å²) in [7, 11) is 0. The molecule has 1 amide bonds. The van der Waals surface area contributed by atoms with Crippen molar-refractivity contribution >= 4 is 28.7 Å². The predicted octanol–water partition coefficient (Wildman–Crippen LogP) is 4.55. The van der Waals surface area contributed by atoms with Crippen molar-refractivity contribution in [2.75, 3.05) is 13.2 Å². The second kappa shape index (κ2) is 16.7. The molecule has 0 aliphatic carbocycles. The van der Waals surface area contributed by atoms with Crippen LogP contribution in [-0.2, 0) is 30.3 Å². The van der Waals surface area contributed by atoms with Gasteiger partial charge in [-0.15, -0.1) is 0 Å². The maximum absolute atomic E-state index is 12.9. The Balaban J connectivity index is 1.90. The van der Waals surface area contributed by atoms with Gasteiger partial charge in [-0.05, 0) is 30.9 Å². The van der Waals surface area contributed by atoms with E-state index in [2.05, 4.69) is 24.1 Å². The topological polar surface area (TPSA) is 124 Å². The van der Waals surface area contributed by atoms with Crippen LogP contribution in [0.5, 0.6) is 0 Å². The highest BCUT2D eigenvalue weighted by Crippen LogP contribution is 2.19. The normalized spacial score (nSPS) is 12.8. The van der Waals surface area contributed by atoms with Gasteiger partial charge in [0.05, 0.1) is 13.2 Å². The molecule has 1 aromatic carbocycles. The number of H-pyrrole nitrogens is 1. The number of carbonyl (C=O) groups is 3. The number of aromatic nitrogens is 1. The Bertz CT molecular complexity index is 942. The highest BCUT2D eigenvalue weighted by atomic mass is 16.5. The van der Waals surface area contributed by atoms with Gasteiger partial charge in [-0.1, -0.05) is 70.6 Å². The number of aromatic amines is 1. The van der Waals surface area contributed by atoms with E-state index in [0.29, 0.717) is 19.6 Å². The molecule has 8 heteroatoms. The van der Waals surface area contributed by atoms with Gasteiger partial charge in [-0.25, -0.2) is 4.79 Å². The van der Waals surface area contributed by atoms with Crippen LogP contribution in [0.4, 0.5) is 0 Å². The van der Waals surface area contributed by atoms with E-state index in [4.69, 9.17) is 15.2 Å². The Morgan fingerprint density at radius 2 is 1.56 bits per heavy atom. The molecule has 4 N–H and O–H groups in total. The average Bonchev–Trinajstić information content (AvgIpc) is 3.29. The molecule has 0 radical (unpaired) electrons. The summed E-state index contributed by atoms with van der Waals surface area (Å²) < 4.78 is 10.7. The van der Waals surface area contributed by atoms with Crippen LogP contribution < -0.4 is 11.1 Å². The SMILES string of the molecule is CCCCCCOC(=O)[C@H](Cc1c[nH]c2ccccc12)NC(=O)CC[C@H](N)C(=O)OCCCCCC. The lowest BCUT2D eigenvalue weighted by atomic mass is 10.0. The minimum Gasteiger partial charge on any atom is -0.465 e. The van der Waals surface area contributed by atoms with Crippen molar-refractivity contribution < 1.29 is 23.9 Å². The van der Waals surface area contributed by atoms with Crippen molar-refractivity contribution in [1.29, 1.82) is 0 Å². The van der Waals surface area contributed by atoms with Crippen LogP contribution in [0.25, 0.3) is 10.9 Å². The summed E-state index contributed by atoms with van der Waals surface area (Å²) in [4.78, 5) is 40.8. The van der Waals surface area contributed by atoms with Gasteiger partial charge in [0.1, 0.15) is 12.1 Å². The summed E-state index contributed by atoms with van der Waals surface area (Å²) in [5, 5.41) is 3.79. The number of hydrogen-bond acceptors (Lipinski definition) is 6. The van der Waals surface area contributed by atoms with E-state index in [9.17, 15) is 14.4 Å². The molecule has 0 aliphatic heterocycles. The van der Waals surface area contributed by atoms with Crippen LogP contribution in [0.2, 0.25) is 0 Å². The molecular weight excluding hydrogens is 458 g/mol. The summed E-state index contributed by atoms with van der Waals surface area (Å²) in [6.45, 7) is 4.91. The van der Waals surface area contributed by atoms with Gasteiger partial charge in [-0.3, -0.25) is 9.59 Å². The first-order valence-corrected chi connectivity index (χ1v) is 13.4. The Morgan fingerprint density at radius 1 is 0.917 bits per heavy atom. The molecule has 2 atom stereocenters. The first-order chi connectivity index (χ1) is 17.5. The highest BCUT2D eigenvalue weighted by Gasteiger charge is 2.25. The Labute approximate surface area is 214 Å². The second-order valence-electron chi connectivity index (χ2n) is 9.29. The zero-order valence-electron chi connectivity index (χ0n) is 21.9. The number of ether oxygens (including phenoxy) is 2. The number of unbranched alkanes of at least 4 members (excludes halogenated alkanes) is 6. The van der Waals surface area contributed by atoms with E-state index in [0.717, 1.165) is 67.8 Å². The molecule has 2 aromatic rings. The van der Waals surface area contributed by atoms with Crippen LogP contribution >= 0.6 is 0 Å². The van der Waals surface area contributed by atoms with Crippen molar-refractivity contribution in [2.45, 2.75) is 96.6 Å². The number of benzene rings is 1. The van der Waals surface area contributed by atoms with Crippen molar-refractivity contribution in [3.63, 3.8) is 0 Å². The number of rotatable bonds is 18. The molecule has 8 nitrogen and oxygen atoms in total. The van der Waals surface area contributed by atoms with Crippen molar-refractivity contribution in [3.8, 4) is 0 Å². The fourth-order valence-corrected chi connectivity index (χ4v) is 4.00. The summed E-state index contributed by atoms with van der Waals surface area (Å²) in [5.41, 5.74) is 7.81. The summed E-state index contributed by atoms with van der Waals surface area (Å²) in [6, 6.07) is 6.10. The molecule has 1 heterocycles. The highest BCUT2D eigenvalue weighted by molar-refractivity contribution is 5.87. The third-order valence-electron chi connectivity index (χ3n) is 6.19. The monoisotopic (exact) mass is 501 g/mol. The third-order valence-corrected chi connectivity index (χ3v) is 6.19. The lowest BCUT2D eigenvalue weighted by Gasteiger charge is -2.18. The summed E-state index contributed by atoms with van der Waals surface area (Å²) in [6.07, 6.45) is 10.3. The van der Waals surface area contributed by atoms with E-state index in [1.807, 2.05) is 30.5 Å². The Morgan fingerprint density at radius 3 is 2.22 bits per heavy atom. The zero-order valence-corrected chi connectivity index (χ0v) is 21.9. The van der Waals surface area contributed by atoms with Gasteiger partial charge < -0.3 is 25.5 Å². The van der Waals surface area contributed by atoms with Crippen molar-refractivity contribution in [1.82, 2.24) is 10.3 Å². The fraction of sp³-hybridized carbons (Fsp3) is 0.607. The number of hydrogen-bond donors (Lipinski definition) is 3. The number of para-hydroxylation sites is 1. The molecule has 0 saturated carbocycles. The van der Waals surface area contributed by atoms with E-state index < -0.39 is 24.0 Å². The number of nitrogens with two attached hydrogens (primary N) is 1. The number of fused-ring (bicyclic) bond motifs is 1. The lowest BCUT2D eigenvalue weighted by Crippen LogP contribution is -2.44. The molecule has 0 bridgehead atoms. The molecule has 0 saturated heterocycles. The minimum atomic E-state index is -0.875. The second-order valence-corrected chi connectivity index (χ2v) is 9.29. The number of amides is 1. The Hall–Kier alpha value is -2.87. The Kier molecular flexibility index (Phi) is 13.7. The van der Waals surface area contributed by atoms with Gasteiger partial charge >= 0.3 is 11.9 Å². The first kappa shape index (κ1) is 29.4. The maximum atomic E-state index is 12.9. The van der Waals surface area contributed by atoms with E-state index in [-0.39, 0.29) is 18.7 Å². The average molecular weight is 502 g/mol. The largest absolute Gasteiger partial charge is 0.465 e. The van der Waals surface area contributed by atoms with Crippen LogP contribution in [0.3, 0.4) is 0 Å². The number of carbonyl (C=O) groups excluding carboxylic acids is 3. The molecule has 200 valence electrons. The zero-order chi connectivity index (χ0) is 26.2. The van der Waals surface area contributed by atoms with E-state index >= 15 is 0 Å². The minimum absolute atomic E-state index is 0.0142. The van der Waals surface area contributed by atoms with Crippen molar-refractivity contribution in [3.05, 3.63) is 36.0 Å². The summed E-state index contributed by atoms with van der Waals surface area (Å²) in [5.74, 6) is -1.31. The van der Waals surface area contributed by atoms with Gasteiger partial charge in [0.25, 0.3) is 0 Å². The molecule has 0 fully saturated rings. The lowest BCUT2D eigenvalue weighted by molar-refractivity contribution is -0.148. The fourth-order valence-electron chi connectivity index (χ4n) is 4.00. The van der Waals surface area contributed by atoms with Crippen LogP contribution in [0, 0.1) is 0 Å². The smallest absolute Gasteiger partial charge is 0.328 e. The molecule has 2 rings (SSSR count). The molecule has 0 aliphatic rings. The van der Waals surface area contributed by atoms with Crippen LogP contribution in [0.15, 0.2) is 30.5 Å².